The molecule has 3 aliphatic rings. The van der Waals surface area contributed by atoms with Crippen molar-refractivity contribution in [2.24, 2.45) is 0 Å². The first-order chi connectivity index (χ1) is 12.4. The van der Waals surface area contributed by atoms with E-state index in [4.69, 9.17) is 4.43 Å². The zero-order valence-corrected chi connectivity index (χ0v) is 21.4. The molecule has 0 aromatic heterocycles. The van der Waals surface area contributed by atoms with Crippen molar-refractivity contribution in [1.29, 1.82) is 0 Å². The molecule has 0 amide bonds. The second-order valence-electron chi connectivity index (χ2n) is 12.1. The smallest absolute Gasteiger partial charge is 0.250 e. The molecule has 4 heteroatoms. The lowest BCUT2D eigenvalue weighted by Crippen LogP contribution is -2.43. The Morgan fingerprint density at radius 3 is 1.89 bits per heavy atom. The van der Waals surface area contributed by atoms with E-state index in [1.165, 1.54) is 50.7 Å². The van der Waals surface area contributed by atoms with Crippen molar-refractivity contribution in [3.63, 3.8) is 0 Å². The molecule has 2 heterocycles. The average molecular weight is 403 g/mol. The third kappa shape index (κ3) is 4.52. The lowest BCUT2D eigenvalue weighted by molar-refractivity contribution is 0.370. The summed E-state index contributed by atoms with van der Waals surface area (Å²) >= 11 is 0. The average Bonchev–Trinajstić information content (AvgIpc) is 2.51. The Morgan fingerprint density at radius 1 is 0.926 bits per heavy atom. The molecule has 3 rings (SSSR count). The normalized spacial score (nSPS) is 27.6. The summed E-state index contributed by atoms with van der Waals surface area (Å²) in [5.74, 6) is 3.25. The van der Waals surface area contributed by atoms with E-state index in [-0.39, 0.29) is 5.04 Å². The van der Waals surface area contributed by atoms with Crippen LogP contribution in [0.1, 0.15) is 72.1 Å². The number of allylic oxidation sites excluding steroid dienone is 3. The second kappa shape index (κ2) is 7.55. The monoisotopic (exact) mass is 402 g/mol. The third-order valence-electron chi connectivity index (χ3n) is 8.10. The van der Waals surface area contributed by atoms with E-state index in [0.717, 1.165) is 24.8 Å². The van der Waals surface area contributed by atoms with Gasteiger partial charge in [0.1, 0.15) is 0 Å². The van der Waals surface area contributed by atoms with Crippen LogP contribution in [0.15, 0.2) is 22.5 Å². The Kier molecular flexibility index (Phi) is 6.01. The van der Waals surface area contributed by atoms with Crippen LogP contribution in [-0.4, -0.2) is 23.1 Å². The van der Waals surface area contributed by atoms with Gasteiger partial charge in [0.2, 0.25) is 8.32 Å². The van der Waals surface area contributed by atoms with Gasteiger partial charge in [0, 0.05) is 6.42 Å². The summed E-state index contributed by atoms with van der Waals surface area (Å²) in [5, 5.41) is 2.15. The summed E-state index contributed by atoms with van der Waals surface area (Å²) in [6.07, 6.45) is 13.6. The number of rotatable bonds is 4. The molecule has 2 aliphatic heterocycles. The molecule has 0 N–H and O–H groups in total. The number of hydrogen-bond donors (Lipinski definition) is 0. The van der Waals surface area contributed by atoms with E-state index in [9.17, 15) is 0 Å². The van der Waals surface area contributed by atoms with E-state index in [0.29, 0.717) is 0 Å². The molecular weight excluding hydrogens is 359 g/mol. The second-order valence-corrected chi connectivity index (χ2v) is 21.9. The van der Waals surface area contributed by atoms with E-state index < -0.39 is 16.4 Å². The van der Waals surface area contributed by atoms with Crippen LogP contribution < -0.4 is 0 Å². The van der Waals surface area contributed by atoms with Gasteiger partial charge in [-0.15, -0.1) is 0 Å². The van der Waals surface area contributed by atoms with E-state index >= 15 is 0 Å². The Morgan fingerprint density at radius 2 is 1.44 bits per heavy atom. The standard InChI is InChI=1S/C23H43BOSi2/c1-23(2,3)27(7,8)25-20-15-16-22(26(4,5)6)21(17-20)24-18-11-9-12-19(24)14-10-13-18/h15,18-19H,9-14,16-17H2,1-8H3. The highest BCUT2D eigenvalue weighted by molar-refractivity contribution is 6.85. The highest BCUT2D eigenvalue weighted by Crippen LogP contribution is 2.52. The lowest BCUT2D eigenvalue weighted by Gasteiger charge is -2.45. The van der Waals surface area contributed by atoms with Crippen molar-refractivity contribution in [3.05, 3.63) is 22.5 Å². The van der Waals surface area contributed by atoms with E-state index in [1.807, 2.05) is 10.7 Å². The molecule has 0 spiro atoms. The summed E-state index contributed by atoms with van der Waals surface area (Å²) in [7, 11) is -3.03. The maximum atomic E-state index is 6.83. The fourth-order valence-electron chi connectivity index (χ4n) is 5.62. The minimum Gasteiger partial charge on any atom is -0.547 e. The van der Waals surface area contributed by atoms with Gasteiger partial charge in [-0.2, -0.15) is 0 Å². The zero-order valence-electron chi connectivity index (χ0n) is 19.4. The third-order valence-corrected chi connectivity index (χ3v) is 14.8. The van der Waals surface area contributed by atoms with Gasteiger partial charge in [-0.1, -0.05) is 101 Å². The van der Waals surface area contributed by atoms with Crippen LogP contribution in [0.25, 0.3) is 0 Å². The maximum absolute atomic E-state index is 6.83. The fourth-order valence-corrected chi connectivity index (χ4v) is 8.67. The van der Waals surface area contributed by atoms with E-state index in [2.05, 4.69) is 59.6 Å². The van der Waals surface area contributed by atoms with Crippen LogP contribution >= 0.6 is 0 Å². The van der Waals surface area contributed by atoms with Crippen molar-refractivity contribution in [3.8, 4) is 0 Å². The molecule has 0 radical (unpaired) electrons. The molecule has 2 fully saturated rings. The van der Waals surface area contributed by atoms with Crippen molar-refractivity contribution < 1.29 is 4.43 Å². The molecule has 0 saturated carbocycles. The summed E-state index contributed by atoms with van der Waals surface area (Å²) in [4.78, 5) is 0. The topological polar surface area (TPSA) is 9.23 Å². The zero-order chi connectivity index (χ0) is 20.0. The molecule has 0 unspecified atom stereocenters. The highest BCUT2D eigenvalue weighted by Gasteiger charge is 2.45. The highest BCUT2D eigenvalue weighted by atomic mass is 28.4. The first-order valence-corrected chi connectivity index (χ1v) is 17.9. The molecule has 1 nitrogen and oxygen atoms in total. The van der Waals surface area contributed by atoms with Crippen molar-refractivity contribution >= 4 is 23.1 Å². The van der Waals surface area contributed by atoms with Gasteiger partial charge >= 0.3 is 0 Å². The molecule has 0 atom stereocenters. The molecular formula is C23H43BOSi2. The van der Waals surface area contributed by atoms with Crippen molar-refractivity contribution in [1.82, 2.24) is 0 Å². The maximum Gasteiger partial charge on any atom is 0.250 e. The largest absolute Gasteiger partial charge is 0.547 e. The predicted molar refractivity (Wildman–Crippen MR) is 127 cm³/mol. The van der Waals surface area contributed by atoms with Crippen LogP contribution in [0.3, 0.4) is 0 Å². The summed E-state index contributed by atoms with van der Waals surface area (Å²) < 4.78 is 6.83. The Labute approximate surface area is 171 Å². The lowest BCUT2D eigenvalue weighted by atomic mass is 9.23. The first-order valence-electron chi connectivity index (χ1n) is 11.5. The Bertz CT molecular complexity index is 599. The molecule has 0 aromatic carbocycles. The molecule has 2 saturated heterocycles. The van der Waals surface area contributed by atoms with Gasteiger partial charge in [-0.3, -0.25) is 0 Å². The Hall–Kier alpha value is -0.221. The molecule has 1 aliphatic carbocycles. The SMILES string of the molecule is CC(C)(C)[Si](C)(C)OC1=CCC([Si](C)(C)C)=C(B2C3CCCC2CCC3)C1. The fraction of sp³-hybridized carbons (Fsp3) is 0.826. The van der Waals surface area contributed by atoms with Crippen molar-refractivity contribution in [2.75, 3.05) is 0 Å². The van der Waals surface area contributed by atoms with Crippen LogP contribution in [0, 0.1) is 0 Å². The van der Waals surface area contributed by atoms with Crippen LogP contribution in [0.2, 0.25) is 49.4 Å². The van der Waals surface area contributed by atoms with Gasteiger partial charge < -0.3 is 4.43 Å². The molecule has 27 heavy (non-hydrogen) atoms. The number of hydrogen-bond acceptors (Lipinski definition) is 1. The Balaban J connectivity index is 1.89. The quantitative estimate of drug-likeness (QED) is 0.433. The van der Waals surface area contributed by atoms with Gasteiger partial charge in [0.25, 0.3) is 0 Å². The van der Waals surface area contributed by atoms with Gasteiger partial charge in [-0.05, 0) is 30.6 Å². The van der Waals surface area contributed by atoms with Gasteiger partial charge in [-0.25, -0.2) is 0 Å². The minimum atomic E-state index is -1.75. The molecule has 2 bridgehead atoms. The van der Waals surface area contributed by atoms with Crippen molar-refractivity contribution in [2.45, 2.75) is 122 Å². The van der Waals surface area contributed by atoms with Gasteiger partial charge in [0.15, 0.2) is 6.71 Å². The molecule has 152 valence electrons. The van der Waals surface area contributed by atoms with Gasteiger partial charge in [0.05, 0.1) is 13.8 Å². The van der Waals surface area contributed by atoms with Crippen LogP contribution in [0.4, 0.5) is 0 Å². The minimum absolute atomic E-state index is 0.276. The van der Waals surface area contributed by atoms with Crippen LogP contribution in [0.5, 0.6) is 0 Å². The molecule has 0 aromatic rings. The number of fused-ring (bicyclic) bond motifs is 2. The summed E-state index contributed by atoms with van der Waals surface area (Å²) in [5.41, 5.74) is 1.86. The summed E-state index contributed by atoms with van der Waals surface area (Å²) in [6.45, 7) is 20.5. The van der Waals surface area contributed by atoms with Crippen LogP contribution in [-0.2, 0) is 4.43 Å². The van der Waals surface area contributed by atoms with E-state index in [1.54, 1.807) is 0 Å². The first kappa shape index (κ1) is 21.5. The predicted octanol–water partition coefficient (Wildman–Crippen LogP) is 8.00. The summed E-state index contributed by atoms with van der Waals surface area (Å²) in [6, 6.07) is 0.